The van der Waals surface area contributed by atoms with Crippen LogP contribution in [-0.2, 0) is 22.9 Å². The Kier molecular flexibility index (Phi) is 4.92. The fraction of sp³-hybridized carbons (Fsp3) is 0.278. The molecule has 1 aliphatic heterocycles. The van der Waals surface area contributed by atoms with Crippen molar-refractivity contribution in [3.05, 3.63) is 65.2 Å². The molecule has 0 unspecified atom stereocenters. The lowest BCUT2D eigenvalue weighted by Gasteiger charge is -2.19. The Morgan fingerprint density at radius 3 is 2.08 bits per heavy atom. The molecule has 1 heterocycles. The molecule has 2 aromatic rings. The molecule has 0 N–H and O–H groups in total. The van der Waals surface area contributed by atoms with E-state index in [1.807, 2.05) is 24.0 Å². The van der Waals surface area contributed by atoms with E-state index in [1.165, 1.54) is 11.1 Å². The minimum Gasteiger partial charge on any atom is -0.346 e. The van der Waals surface area contributed by atoms with E-state index in [0.29, 0.717) is 13.1 Å². The minimum atomic E-state index is -3.79. The molecule has 0 saturated heterocycles. The highest BCUT2D eigenvalue weighted by Crippen LogP contribution is 2.19. The van der Waals surface area contributed by atoms with Crippen LogP contribution in [0.3, 0.4) is 0 Å². The molecule has 2 aromatic carbocycles. The third-order valence-corrected chi connectivity index (χ3v) is 5.90. The van der Waals surface area contributed by atoms with Gasteiger partial charge in [-0.3, -0.25) is 0 Å². The van der Waals surface area contributed by atoms with E-state index in [9.17, 15) is 8.42 Å². The van der Waals surface area contributed by atoms with Crippen molar-refractivity contribution in [2.45, 2.75) is 24.7 Å². The zero-order chi connectivity index (χ0) is 17.2. The Bertz CT molecular complexity index is 834. The molecule has 0 fully saturated rings. The first-order valence-corrected chi connectivity index (χ1v) is 9.66. The predicted octanol–water partition coefficient (Wildman–Crippen LogP) is 3.38. The number of nitrogens with zero attached hydrogens (tertiary/aromatic N) is 2. The van der Waals surface area contributed by atoms with Gasteiger partial charge in [-0.25, -0.2) is 0 Å². The van der Waals surface area contributed by atoms with Gasteiger partial charge >= 0.3 is 0 Å². The van der Waals surface area contributed by atoms with E-state index in [4.69, 9.17) is 11.6 Å². The number of halogens is 1. The summed E-state index contributed by atoms with van der Waals surface area (Å²) in [4.78, 5) is 1.98. The zero-order valence-corrected chi connectivity index (χ0v) is 15.0. The van der Waals surface area contributed by atoms with Crippen molar-refractivity contribution >= 4 is 26.9 Å². The molecule has 0 aromatic heterocycles. The maximum Gasteiger partial charge on any atom is 0.285 e. The summed E-state index contributed by atoms with van der Waals surface area (Å²) in [5.41, 5.74) is 3.56. The van der Waals surface area contributed by atoms with Crippen molar-refractivity contribution in [3.63, 3.8) is 0 Å². The Morgan fingerprint density at radius 2 is 1.54 bits per heavy atom. The minimum absolute atomic E-state index is 0.0309. The van der Waals surface area contributed by atoms with Gasteiger partial charge in [0.1, 0.15) is 0 Å². The summed E-state index contributed by atoms with van der Waals surface area (Å²) in [5, 5.41) is 0.0309. The standard InChI is InChI=1S/C18H19ClN2O2S/c1-14-6-8-17(9-7-14)24(22,23)20-18(19)21-12-10-15-4-2-3-5-16(15)11-13-21/h2-9H,10-13H2,1H3. The number of benzene rings is 2. The summed E-state index contributed by atoms with van der Waals surface area (Å²) in [6.45, 7) is 3.22. The van der Waals surface area contributed by atoms with Gasteiger partial charge in [-0.05, 0) is 54.6 Å². The predicted molar refractivity (Wildman–Crippen MR) is 97.1 cm³/mol. The molecule has 0 saturated carbocycles. The molecule has 1 aliphatic rings. The summed E-state index contributed by atoms with van der Waals surface area (Å²) in [6, 6.07) is 14.9. The van der Waals surface area contributed by atoms with Gasteiger partial charge in [-0.2, -0.15) is 8.42 Å². The van der Waals surface area contributed by atoms with Crippen LogP contribution < -0.4 is 0 Å². The van der Waals surface area contributed by atoms with Gasteiger partial charge in [0.15, 0.2) is 0 Å². The van der Waals surface area contributed by atoms with E-state index >= 15 is 0 Å². The van der Waals surface area contributed by atoms with E-state index < -0.39 is 10.0 Å². The Balaban J connectivity index is 1.80. The monoisotopic (exact) mass is 362 g/mol. The van der Waals surface area contributed by atoms with Crippen molar-refractivity contribution in [1.82, 2.24) is 4.90 Å². The van der Waals surface area contributed by atoms with Gasteiger partial charge in [0.2, 0.25) is 5.29 Å². The molecule has 0 radical (unpaired) electrons. The SMILES string of the molecule is Cc1ccc(S(=O)(=O)N=C(Cl)N2CCc3ccccc3CC2)cc1. The van der Waals surface area contributed by atoms with Crippen LogP contribution in [0.15, 0.2) is 57.8 Å². The van der Waals surface area contributed by atoms with Crippen molar-refractivity contribution in [3.8, 4) is 0 Å². The molecular formula is C18H19ClN2O2S. The molecule has 0 atom stereocenters. The maximum atomic E-state index is 12.4. The molecule has 0 spiro atoms. The lowest BCUT2D eigenvalue weighted by molar-refractivity contribution is 0.446. The molecule has 0 aliphatic carbocycles. The van der Waals surface area contributed by atoms with Gasteiger partial charge in [0, 0.05) is 13.1 Å². The van der Waals surface area contributed by atoms with Crippen LogP contribution in [0.2, 0.25) is 0 Å². The van der Waals surface area contributed by atoms with Crippen LogP contribution in [0.1, 0.15) is 16.7 Å². The molecule has 0 amide bonds. The van der Waals surface area contributed by atoms with E-state index in [0.717, 1.165) is 18.4 Å². The lowest BCUT2D eigenvalue weighted by Crippen LogP contribution is -2.30. The molecule has 3 rings (SSSR count). The van der Waals surface area contributed by atoms with Gasteiger partial charge < -0.3 is 4.90 Å². The molecule has 4 nitrogen and oxygen atoms in total. The highest BCUT2D eigenvalue weighted by molar-refractivity contribution is 7.90. The first-order chi connectivity index (χ1) is 11.5. The van der Waals surface area contributed by atoms with Gasteiger partial charge in [-0.1, -0.05) is 42.0 Å². The van der Waals surface area contributed by atoms with Crippen LogP contribution in [-0.4, -0.2) is 31.7 Å². The molecule has 6 heteroatoms. The summed E-state index contributed by atoms with van der Waals surface area (Å²) >= 11 is 6.24. The Hall–Kier alpha value is -1.85. The fourth-order valence-electron chi connectivity index (χ4n) is 2.77. The highest BCUT2D eigenvalue weighted by atomic mass is 35.5. The highest BCUT2D eigenvalue weighted by Gasteiger charge is 2.19. The third kappa shape index (κ3) is 3.79. The summed E-state index contributed by atoms with van der Waals surface area (Å²) in [7, 11) is -3.79. The summed E-state index contributed by atoms with van der Waals surface area (Å²) < 4.78 is 28.6. The number of rotatable bonds is 2. The number of aryl methyl sites for hydroxylation is 1. The smallest absolute Gasteiger partial charge is 0.285 e. The van der Waals surface area contributed by atoms with Crippen LogP contribution in [0, 0.1) is 6.92 Å². The van der Waals surface area contributed by atoms with Crippen molar-refractivity contribution in [1.29, 1.82) is 0 Å². The zero-order valence-electron chi connectivity index (χ0n) is 13.4. The van der Waals surface area contributed by atoms with Crippen LogP contribution in [0.4, 0.5) is 0 Å². The van der Waals surface area contributed by atoms with Crippen LogP contribution in [0.25, 0.3) is 0 Å². The number of hydrogen-bond donors (Lipinski definition) is 0. The maximum absolute atomic E-state index is 12.4. The van der Waals surface area contributed by atoms with Crippen molar-refractivity contribution in [2.75, 3.05) is 13.1 Å². The van der Waals surface area contributed by atoms with Crippen molar-refractivity contribution in [2.24, 2.45) is 4.40 Å². The second-order valence-corrected chi connectivity index (χ2v) is 7.85. The number of sulfonamides is 1. The average molecular weight is 363 g/mol. The Labute approximate surface area is 147 Å². The van der Waals surface area contributed by atoms with E-state index in [-0.39, 0.29) is 10.2 Å². The van der Waals surface area contributed by atoms with Crippen LogP contribution >= 0.6 is 11.6 Å². The molecule has 0 bridgehead atoms. The average Bonchev–Trinajstić information content (AvgIpc) is 2.77. The Morgan fingerprint density at radius 1 is 1.00 bits per heavy atom. The molecule has 126 valence electrons. The summed E-state index contributed by atoms with van der Waals surface area (Å²) in [6.07, 6.45) is 1.65. The second kappa shape index (κ2) is 6.95. The third-order valence-electron chi connectivity index (χ3n) is 4.20. The van der Waals surface area contributed by atoms with Crippen molar-refractivity contribution < 1.29 is 8.42 Å². The number of hydrogen-bond acceptors (Lipinski definition) is 2. The normalized spacial score (nSPS) is 15.8. The number of fused-ring (bicyclic) bond motifs is 1. The van der Waals surface area contributed by atoms with E-state index in [2.05, 4.69) is 16.5 Å². The van der Waals surface area contributed by atoms with Gasteiger partial charge in [-0.15, -0.1) is 4.40 Å². The first-order valence-electron chi connectivity index (χ1n) is 7.84. The topological polar surface area (TPSA) is 49.7 Å². The molecule has 24 heavy (non-hydrogen) atoms. The number of amidine groups is 1. The fourth-order valence-corrected chi connectivity index (χ4v) is 4.11. The molecular weight excluding hydrogens is 344 g/mol. The van der Waals surface area contributed by atoms with Crippen LogP contribution in [0.5, 0.6) is 0 Å². The van der Waals surface area contributed by atoms with Gasteiger partial charge in [0.25, 0.3) is 10.0 Å². The lowest BCUT2D eigenvalue weighted by atomic mass is 10.0. The van der Waals surface area contributed by atoms with E-state index in [1.54, 1.807) is 24.3 Å². The first kappa shape index (κ1) is 17.0. The van der Waals surface area contributed by atoms with Gasteiger partial charge in [0.05, 0.1) is 4.90 Å². The summed E-state index contributed by atoms with van der Waals surface area (Å²) in [5.74, 6) is 0. The second-order valence-electron chi connectivity index (χ2n) is 5.90. The quantitative estimate of drug-likeness (QED) is 0.467. The largest absolute Gasteiger partial charge is 0.346 e.